The first-order valence-corrected chi connectivity index (χ1v) is 11.0. The quantitative estimate of drug-likeness (QED) is 0.384. The Hall–Kier alpha value is -4.28. The molecule has 7 nitrogen and oxygen atoms in total. The van der Waals surface area contributed by atoms with E-state index in [9.17, 15) is 10.1 Å². The molecule has 0 aliphatic rings. The lowest BCUT2D eigenvalue weighted by atomic mass is 10.0. The van der Waals surface area contributed by atoms with Crippen LogP contribution in [0.1, 0.15) is 38.3 Å². The molecule has 0 spiro atoms. The van der Waals surface area contributed by atoms with Gasteiger partial charge in [-0.2, -0.15) is 5.26 Å². The number of carbonyl (C=O) groups is 1. The summed E-state index contributed by atoms with van der Waals surface area (Å²) < 4.78 is 0. The lowest BCUT2D eigenvalue weighted by molar-refractivity contribution is 0.0950. The lowest BCUT2D eigenvalue weighted by Crippen LogP contribution is -2.23. The van der Waals surface area contributed by atoms with Gasteiger partial charge in [-0.15, -0.1) is 0 Å². The van der Waals surface area contributed by atoms with E-state index in [2.05, 4.69) is 31.3 Å². The number of nitrogens with one attached hydrogen (secondary N) is 2. The zero-order chi connectivity index (χ0) is 23.7. The number of hydrogen-bond acceptors (Lipinski definition) is 5. The zero-order valence-corrected chi connectivity index (χ0v) is 19.0. The van der Waals surface area contributed by atoms with E-state index in [1.807, 2.05) is 31.2 Å². The second kappa shape index (κ2) is 8.93. The molecule has 1 amide bonds. The summed E-state index contributed by atoms with van der Waals surface area (Å²) in [5, 5.41) is 14.8. The van der Waals surface area contributed by atoms with Crippen LogP contribution in [0.25, 0.3) is 21.9 Å². The number of nitriles is 1. The monoisotopic (exact) mass is 466 g/mol. The smallest absolute Gasteiger partial charge is 0.251 e. The van der Waals surface area contributed by atoms with Crippen molar-refractivity contribution in [2.45, 2.75) is 19.9 Å². The summed E-state index contributed by atoms with van der Waals surface area (Å²) in [6.07, 6.45) is 7.26. The number of nitrogens with zero attached hydrogens (tertiary/aromatic N) is 4. The standard InChI is InChI=1S/C26H19ClN6O/c1-15-4-19-5-16(6-20(10-28)24(19)30-11-15)7-21-9-18(2-3-29-21)26(34)33-13-17-8-22-23(27)14-32-25(22)31-12-17/h2-6,8-9,11-12,14H,7,13H2,1H3,(H,31,32)(H,33,34). The van der Waals surface area contributed by atoms with Gasteiger partial charge < -0.3 is 10.3 Å². The molecule has 1 aromatic carbocycles. The highest BCUT2D eigenvalue weighted by Gasteiger charge is 2.11. The number of carbonyl (C=O) groups excluding carboxylic acids is 1. The van der Waals surface area contributed by atoms with Gasteiger partial charge in [-0.25, -0.2) is 4.98 Å². The molecule has 0 saturated carbocycles. The normalized spacial score (nSPS) is 11.0. The summed E-state index contributed by atoms with van der Waals surface area (Å²) in [6.45, 7) is 2.29. The molecular formula is C26H19ClN6O. The highest BCUT2D eigenvalue weighted by atomic mass is 35.5. The minimum Gasteiger partial charge on any atom is -0.348 e. The van der Waals surface area contributed by atoms with Crippen LogP contribution in [-0.2, 0) is 13.0 Å². The molecule has 0 bridgehead atoms. The van der Waals surface area contributed by atoms with Gasteiger partial charge >= 0.3 is 0 Å². The van der Waals surface area contributed by atoms with Crippen LogP contribution in [0.3, 0.4) is 0 Å². The average Bonchev–Trinajstić information content (AvgIpc) is 3.22. The van der Waals surface area contributed by atoms with Gasteiger partial charge in [-0.1, -0.05) is 11.6 Å². The Balaban J connectivity index is 1.33. The van der Waals surface area contributed by atoms with Crippen molar-refractivity contribution in [3.05, 3.63) is 99.7 Å². The second-order valence-corrected chi connectivity index (χ2v) is 8.52. The van der Waals surface area contributed by atoms with Crippen LogP contribution in [0.2, 0.25) is 5.02 Å². The molecule has 166 valence electrons. The predicted octanol–water partition coefficient (Wildman–Crippen LogP) is 4.86. The van der Waals surface area contributed by atoms with Crippen LogP contribution >= 0.6 is 11.6 Å². The van der Waals surface area contributed by atoms with Gasteiger partial charge in [-0.05, 0) is 60.0 Å². The van der Waals surface area contributed by atoms with E-state index in [0.717, 1.165) is 33.2 Å². The number of aryl methyl sites for hydroxylation is 1. The zero-order valence-electron chi connectivity index (χ0n) is 18.3. The Morgan fingerprint density at radius 3 is 2.85 bits per heavy atom. The highest BCUT2D eigenvalue weighted by Crippen LogP contribution is 2.23. The molecule has 5 rings (SSSR count). The van der Waals surface area contributed by atoms with Crippen LogP contribution < -0.4 is 5.32 Å². The molecular weight excluding hydrogens is 448 g/mol. The van der Waals surface area contributed by atoms with Gasteiger partial charge in [0.05, 0.1) is 16.1 Å². The SMILES string of the molecule is Cc1cnc2c(C#N)cc(Cc3cc(C(=O)NCc4cnc5[nH]cc(Cl)c5c4)ccn3)cc2c1. The maximum atomic E-state index is 12.8. The van der Waals surface area contributed by atoms with Crippen LogP contribution in [0.15, 0.2) is 61.2 Å². The third-order valence-corrected chi connectivity index (χ3v) is 5.87. The summed E-state index contributed by atoms with van der Waals surface area (Å²) in [4.78, 5) is 28.9. The van der Waals surface area contributed by atoms with E-state index in [0.29, 0.717) is 40.3 Å². The molecule has 0 radical (unpaired) electrons. The summed E-state index contributed by atoms with van der Waals surface area (Å²) >= 11 is 6.16. The van der Waals surface area contributed by atoms with Crippen LogP contribution in [0.4, 0.5) is 0 Å². The van der Waals surface area contributed by atoms with Crippen molar-refractivity contribution in [1.29, 1.82) is 5.26 Å². The molecule has 4 aromatic heterocycles. The van der Waals surface area contributed by atoms with Crippen LogP contribution in [-0.4, -0.2) is 25.8 Å². The third-order valence-electron chi connectivity index (χ3n) is 5.55. The number of aromatic nitrogens is 4. The fourth-order valence-corrected chi connectivity index (χ4v) is 4.13. The topological polar surface area (TPSA) is 107 Å². The van der Waals surface area contributed by atoms with Crippen molar-refractivity contribution in [3.63, 3.8) is 0 Å². The molecule has 0 unspecified atom stereocenters. The molecule has 34 heavy (non-hydrogen) atoms. The number of benzene rings is 1. The minimum atomic E-state index is -0.208. The van der Waals surface area contributed by atoms with Crippen molar-refractivity contribution in [3.8, 4) is 6.07 Å². The molecule has 0 aliphatic carbocycles. The van der Waals surface area contributed by atoms with E-state index < -0.39 is 0 Å². The third kappa shape index (κ3) is 4.32. The second-order valence-electron chi connectivity index (χ2n) is 8.11. The molecule has 5 aromatic rings. The Kier molecular flexibility index (Phi) is 5.66. The summed E-state index contributed by atoms with van der Waals surface area (Å²) in [5.74, 6) is -0.208. The number of pyridine rings is 3. The number of halogens is 1. The molecule has 0 fully saturated rings. The largest absolute Gasteiger partial charge is 0.348 e. The first kappa shape index (κ1) is 21.6. The Bertz CT molecular complexity index is 1600. The van der Waals surface area contributed by atoms with E-state index >= 15 is 0 Å². The fourth-order valence-electron chi connectivity index (χ4n) is 3.93. The number of hydrogen-bond donors (Lipinski definition) is 2. The van der Waals surface area contributed by atoms with Gasteiger partial charge in [0.1, 0.15) is 11.7 Å². The maximum absolute atomic E-state index is 12.8. The molecule has 0 atom stereocenters. The van der Waals surface area contributed by atoms with Crippen molar-refractivity contribution < 1.29 is 4.79 Å². The summed E-state index contributed by atoms with van der Waals surface area (Å²) in [6, 6.07) is 13.4. The molecule has 4 heterocycles. The van der Waals surface area contributed by atoms with Gasteiger partial charge in [0.15, 0.2) is 0 Å². The summed E-state index contributed by atoms with van der Waals surface area (Å²) in [5.41, 5.74) is 5.97. The van der Waals surface area contributed by atoms with Crippen LogP contribution in [0, 0.1) is 18.3 Å². The first-order chi connectivity index (χ1) is 16.5. The van der Waals surface area contributed by atoms with E-state index in [-0.39, 0.29) is 5.91 Å². The lowest BCUT2D eigenvalue weighted by Gasteiger charge is -2.09. The Labute approximate surface area is 200 Å². The Morgan fingerprint density at radius 1 is 1.12 bits per heavy atom. The van der Waals surface area contributed by atoms with Crippen molar-refractivity contribution in [2.75, 3.05) is 0 Å². The highest BCUT2D eigenvalue weighted by molar-refractivity contribution is 6.35. The van der Waals surface area contributed by atoms with Gasteiger partial charge in [0.2, 0.25) is 0 Å². The van der Waals surface area contributed by atoms with Gasteiger partial charge in [0, 0.05) is 59.8 Å². The predicted molar refractivity (Wildman–Crippen MR) is 131 cm³/mol. The maximum Gasteiger partial charge on any atom is 0.251 e. The minimum absolute atomic E-state index is 0.208. The van der Waals surface area contributed by atoms with E-state index in [1.54, 1.807) is 36.9 Å². The van der Waals surface area contributed by atoms with Crippen molar-refractivity contribution in [2.24, 2.45) is 0 Å². The molecule has 2 N–H and O–H groups in total. The van der Waals surface area contributed by atoms with Gasteiger partial charge in [-0.3, -0.25) is 14.8 Å². The first-order valence-electron chi connectivity index (χ1n) is 10.6. The van der Waals surface area contributed by atoms with Crippen molar-refractivity contribution in [1.82, 2.24) is 25.3 Å². The number of aromatic amines is 1. The molecule has 8 heteroatoms. The Morgan fingerprint density at radius 2 is 2.00 bits per heavy atom. The number of amides is 1. The molecule has 0 saturated heterocycles. The van der Waals surface area contributed by atoms with Crippen LogP contribution in [0.5, 0.6) is 0 Å². The van der Waals surface area contributed by atoms with E-state index in [4.69, 9.17) is 11.6 Å². The molecule has 0 aliphatic heterocycles. The van der Waals surface area contributed by atoms with E-state index in [1.165, 1.54) is 0 Å². The number of rotatable bonds is 5. The number of H-pyrrole nitrogens is 1. The van der Waals surface area contributed by atoms with Gasteiger partial charge in [0.25, 0.3) is 5.91 Å². The number of fused-ring (bicyclic) bond motifs is 2. The average molecular weight is 467 g/mol. The summed E-state index contributed by atoms with van der Waals surface area (Å²) in [7, 11) is 0. The van der Waals surface area contributed by atoms with Crippen molar-refractivity contribution >= 4 is 39.4 Å². The fraction of sp³-hybridized carbons (Fsp3) is 0.115.